The van der Waals surface area contributed by atoms with E-state index >= 15 is 0 Å². The number of hydrogen-bond acceptors (Lipinski definition) is 6. The Morgan fingerprint density at radius 1 is 1.03 bits per heavy atom. The standard InChI is InChI=1S/C17H24N4.C7H8BrNO2S/c1-21(2)16-14-10-6-7-11-15(14)19-17(20-16)18-12-13-8-4-3-5-9-13;1-9-12(10,11)7-4-2-3-6(8)5-7/h6-7,10-11,13H,3-5,8-9,12H2,1-2H3,(H,18,19,20);2-5,9H,1H3. The highest BCUT2D eigenvalue weighted by Crippen LogP contribution is 2.26. The quantitative estimate of drug-likeness (QED) is 0.461. The van der Waals surface area contributed by atoms with E-state index in [0.717, 1.165) is 39.6 Å². The topological polar surface area (TPSA) is 87.2 Å². The molecule has 0 bridgehead atoms. The number of anilines is 2. The Balaban J connectivity index is 0.000000218. The maximum Gasteiger partial charge on any atom is 0.240 e. The molecule has 7 nitrogen and oxygen atoms in total. The van der Waals surface area contributed by atoms with Crippen molar-refractivity contribution in [1.29, 1.82) is 0 Å². The van der Waals surface area contributed by atoms with Gasteiger partial charge in [0.1, 0.15) is 5.82 Å². The van der Waals surface area contributed by atoms with Gasteiger partial charge in [-0.3, -0.25) is 0 Å². The maximum atomic E-state index is 11.2. The monoisotopic (exact) mass is 533 g/mol. The van der Waals surface area contributed by atoms with Crippen LogP contribution < -0.4 is 14.9 Å². The van der Waals surface area contributed by atoms with Crippen LogP contribution >= 0.6 is 15.9 Å². The van der Waals surface area contributed by atoms with Crippen molar-refractivity contribution in [3.63, 3.8) is 0 Å². The van der Waals surface area contributed by atoms with Crippen molar-refractivity contribution in [3.8, 4) is 0 Å². The molecule has 0 aliphatic heterocycles. The molecular weight excluding hydrogens is 502 g/mol. The minimum Gasteiger partial charge on any atom is -0.362 e. The van der Waals surface area contributed by atoms with E-state index in [0.29, 0.717) is 0 Å². The Labute approximate surface area is 205 Å². The molecule has 0 atom stereocenters. The van der Waals surface area contributed by atoms with Crippen LogP contribution in [0.1, 0.15) is 32.1 Å². The van der Waals surface area contributed by atoms with Crippen LogP contribution in [0.5, 0.6) is 0 Å². The van der Waals surface area contributed by atoms with Crippen molar-refractivity contribution in [2.45, 2.75) is 37.0 Å². The van der Waals surface area contributed by atoms with Gasteiger partial charge in [-0.15, -0.1) is 0 Å². The molecule has 0 amide bonds. The molecule has 3 aromatic rings. The normalized spacial score (nSPS) is 14.4. The van der Waals surface area contributed by atoms with Crippen molar-refractivity contribution in [1.82, 2.24) is 14.7 Å². The lowest BCUT2D eigenvalue weighted by Crippen LogP contribution is -2.19. The minimum absolute atomic E-state index is 0.263. The lowest BCUT2D eigenvalue weighted by Gasteiger charge is -2.22. The van der Waals surface area contributed by atoms with Gasteiger partial charge in [0.2, 0.25) is 16.0 Å². The summed E-state index contributed by atoms with van der Waals surface area (Å²) in [5, 5.41) is 4.56. The zero-order chi connectivity index (χ0) is 23.8. The van der Waals surface area contributed by atoms with Crippen LogP contribution in [0.2, 0.25) is 0 Å². The van der Waals surface area contributed by atoms with E-state index < -0.39 is 10.0 Å². The van der Waals surface area contributed by atoms with Gasteiger partial charge in [0.05, 0.1) is 10.4 Å². The number of nitrogens with one attached hydrogen (secondary N) is 2. The molecule has 2 aromatic carbocycles. The van der Waals surface area contributed by atoms with Crippen molar-refractivity contribution in [2.24, 2.45) is 5.92 Å². The summed E-state index contributed by atoms with van der Waals surface area (Å²) in [5.74, 6) is 2.51. The van der Waals surface area contributed by atoms with Crippen molar-refractivity contribution >= 4 is 48.6 Å². The third-order valence-electron chi connectivity index (χ3n) is 5.66. The summed E-state index contributed by atoms with van der Waals surface area (Å²) in [5.41, 5.74) is 1.00. The van der Waals surface area contributed by atoms with Crippen LogP contribution in [0.25, 0.3) is 10.9 Å². The summed E-state index contributed by atoms with van der Waals surface area (Å²) in [6, 6.07) is 14.7. The molecule has 9 heteroatoms. The Hall–Kier alpha value is -2.23. The molecule has 2 N–H and O–H groups in total. The number of rotatable bonds is 6. The van der Waals surface area contributed by atoms with Crippen LogP contribution in [-0.4, -0.2) is 46.1 Å². The Morgan fingerprint density at radius 2 is 1.76 bits per heavy atom. The second kappa shape index (κ2) is 11.8. The SMILES string of the molecule is CN(C)c1nc(NCC2CCCCC2)nc2ccccc12.CNS(=O)(=O)c1cccc(Br)c1. The number of sulfonamides is 1. The zero-order valence-electron chi connectivity index (χ0n) is 19.4. The number of halogens is 1. The van der Waals surface area contributed by atoms with Gasteiger partial charge in [-0.1, -0.05) is 53.4 Å². The largest absolute Gasteiger partial charge is 0.362 e. The highest BCUT2D eigenvalue weighted by atomic mass is 79.9. The van der Waals surface area contributed by atoms with E-state index in [4.69, 9.17) is 0 Å². The molecule has 1 heterocycles. The summed E-state index contributed by atoms with van der Waals surface area (Å²) in [6.07, 6.45) is 6.80. The van der Waals surface area contributed by atoms with Gasteiger partial charge in [0.15, 0.2) is 0 Å². The van der Waals surface area contributed by atoms with Crippen molar-refractivity contribution in [2.75, 3.05) is 37.9 Å². The Bertz CT molecular complexity index is 1160. The molecule has 4 rings (SSSR count). The first kappa shape index (κ1) is 25.4. The summed E-state index contributed by atoms with van der Waals surface area (Å²) in [7, 11) is 2.14. The van der Waals surface area contributed by atoms with E-state index in [1.807, 2.05) is 26.2 Å². The lowest BCUT2D eigenvalue weighted by molar-refractivity contribution is 0.373. The van der Waals surface area contributed by atoms with Crippen LogP contribution in [0.3, 0.4) is 0 Å². The van der Waals surface area contributed by atoms with E-state index in [1.54, 1.807) is 18.2 Å². The molecule has 0 unspecified atom stereocenters. The molecule has 1 aromatic heterocycles. The van der Waals surface area contributed by atoms with E-state index in [1.165, 1.54) is 45.2 Å². The maximum absolute atomic E-state index is 11.2. The third-order valence-corrected chi connectivity index (χ3v) is 7.56. The van der Waals surface area contributed by atoms with Crippen LogP contribution in [0.4, 0.5) is 11.8 Å². The van der Waals surface area contributed by atoms with E-state index in [-0.39, 0.29) is 4.90 Å². The molecule has 1 aliphatic rings. The second-order valence-electron chi connectivity index (χ2n) is 8.33. The average molecular weight is 535 g/mol. The fourth-order valence-corrected chi connectivity index (χ4v) is 5.19. The van der Waals surface area contributed by atoms with Crippen LogP contribution in [0, 0.1) is 5.92 Å². The molecule has 178 valence electrons. The molecule has 1 saturated carbocycles. The van der Waals surface area contributed by atoms with Crippen molar-refractivity contribution in [3.05, 3.63) is 53.0 Å². The average Bonchev–Trinajstić information content (AvgIpc) is 2.83. The lowest BCUT2D eigenvalue weighted by atomic mass is 9.89. The van der Waals surface area contributed by atoms with Gasteiger partial charge in [0, 0.05) is 30.5 Å². The first-order valence-corrected chi connectivity index (χ1v) is 13.4. The highest BCUT2D eigenvalue weighted by molar-refractivity contribution is 9.10. The number of aromatic nitrogens is 2. The predicted molar refractivity (Wildman–Crippen MR) is 139 cm³/mol. The summed E-state index contributed by atoms with van der Waals surface area (Å²) in [4.78, 5) is 11.7. The summed E-state index contributed by atoms with van der Waals surface area (Å²) in [6.45, 7) is 0.991. The molecule has 0 spiro atoms. The van der Waals surface area contributed by atoms with E-state index in [2.05, 4.69) is 53.0 Å². The number of benzene rings is 2. The fraction of sp³-hybridized carbons (Fsp3) is 0.417. The minimum atomic E-state index is -3.30. The Kier molecular flexibility index (Phi) is 9.05. The smallest absolute Gasteiger partial charge is 0.240 e. The molecule has 0 saturated heterocycles. The first-order chi connectivity index (χ1) is 15.8. The zero-order valence-corrected chi connectivity index (χ0v) is 21.8. The highest BCUT2D eigenvalue weighted by Gasteiger charge is 2.15. The van der Waals surface area contributed by atoms with Crippen LogP contribution in [0.15, 0.2) is 57.9 Å². The molecule has 1 fully saturated rings. The van der Waals surface area contributed by atoms with Gasteiger partial charge in [-0.25, -0.2) is 18.1 Å². The van der Waals surface area contributed by atoms with Gasteiger partial charge >= 0.3 is 0 Å². The second-order valence-corrected chi connectivity index (χ2v) is 11.1. The number of nitrogens with zero attached hydrogens (tertiary/aromatic N) is 3. The first-order valence-electron chi connectivity index (χ1n) is 11.2. The van der Waals surface area contributed by atoms with E-state index in [9.17, 15) is 8.42 Å². The molecule has 0 radical (unpaired) electrons. The molecular formula is C24H32BrN5O2S. The van der Waals surface area contributed by atoms with Crippen molar-refractivity contribution < 1.29 is 8.42 Å². The summed E-state index contributed by atoms with van der Waals surface area (Å²) < 4.78 is 25.4. The van der Waals surface area contributed by atoms with Gasteiger partial charge in [-0.2, -0.15) is 4.98 Å². The number of para-hydroxylation sites is 1. The fourth-order valence-electron chi connectivity index (χ4n) is 3.86. The van der Waals surface area contributed by atoms with Gasteiger partial charge < -0.3 is 10.2 Å². The third kappa shape index (κ3) is 7.12. The predicted octanol–water partition coefficient (Wildman–Crippen LogP) is 5.05. The molecule has 1 aliphatic carbocycles. The summed E-state index contributed by atoms with van der Waals surface area (Å²) >= 11 is 3.19. The number of hydrogen-bond donors (Lipinski definition) is 2. The van der Waals surface area contributed by atoms with Gasteiger partial charge in [0.25, 0.3) is 0 Å². The van der Waals surface area contributed by atoms with Gasteiger partial charge in [-0.05, 0) is 56.1 Å². The Morgan fingerprint density at radius 3 is 2.42 bits per heavy atom. The van der Waals surface area contributed by atoms with Crippen LogP contribution in [-0.2, 0) is 10.0 Å². The number of fused-ring (bicyclic) bond motifs is 1. The molecule has 33 heavy (non-hydrogen) atoms.